The monoisotopic (exact) mass is 276 g/mol. The largest absolute Gasteiger partial charge is 0.378 e. The van der Waals surface area contributed by atoms with Gasteiger partial charge in [-0.25, -0.2) is 13.6 Å². The maximum atomic E-state index is 11.4. The highest BCUT2D eigenvalue weighted by molar-refractivity contribution is 7.89. The van der Waals surface area contributed by atoms with Gasteiger partial charge < -0.3 is 4.74 Å². The van der Waals surface area contributed by atoms with E-state index in [1.54, 1.807) is 7.11 Å². The van der Waals surface area contributed by atoms with Gasteiger partial charge in [0.25, 0.3) is 15.2 Å². The summed E-state index contributed by atoms with van der Waals surface area (Å²) in [4.78, 5) is 0. The van der Waals surface area contributed by atoms with Crippen molar-refractivity contribution < 1.29 is 13.2 Å². The van der Waals surface area contributed by atoms with Crippen molar-refractivity contribution >= 4 is 10.0 Å². The van der Waals surface area contributed by atoms with Gasteiger partial charge in [0.15, 0.2) is 0 Å². The molecule has 0 aromatic carbocycles. The molecule has 0 bridgehead atoms. The Bertz CT molecular complexity index is 519. The van der Waals surface area contributed by atoms with Crippen molar-refractivity contribution in [2.75, 3.05) is 7.11 Å². The second-order valence-corrected chi connectivity index (χ2v) is 6.50. The predicted octanol–water partition coefficient (Wildman–Crippen LogP) is 0.474. The van der Waals surface area contributed by atoms with Crippen LogP contribution >= 0.6 is 0 Å². The first-order valence-corrected chi connectivity index (χ1v) is 7.15. The van der Waals surface area contributed by atoms with Gasteiger partial charge in [-0.2, -0.15) is 0 Å². The number of ether oxygens (including phenoxy) is 1. The maximum absolute atomic E-state index is 11.4. The van der Waals surface area contributed by atoms with Gasteiger partial charge in [-0.05, 0) is 27.7 Å². The van der Waals surface area contributed by atoms with Crippen LogP contribution in [0.25, 0.3) is 0 Å². The van der Waals surface area contributed by atoms with Crippen molar-refractivity contribution in [2.45, 2.75) is 50.9 Å². The molecule has 0 saturated heterocycles. The van der Waals surface area contributed by atoms with Crippen molar-refractivity contribution in [3.8, 4) is 0 Å². The average Bonchev–Trinajstić information content (AvgIpc) is 2.60. The van der Waals surface area contributed by atoms with Crippen molar-refractivity contribution in [3.63, 3.8) is 0 Å². The Morgan fingerprint density at radius 2 is 1.94 bits per heavy atom. The van der Waals surface area contributed by atoms with Gasteiger partial charge in [-0.15, -0.1) is 10.2 Å². The lowest BCUT2D eigenvalue weighted by Crippen LogP contribution is -2.28. The highest BCUT2D eigenvalue weighted by Crippen LogP contribution is 2.20. The molecule has 1 aromatic heterocycles. The zero-order valence-electron chi connectivity index (χ0n) is 11.3. The molecule has 0 atom stereocenters. The molecule has 18 heavy (non-hydrogen) atoms. The first-order chi connectivity index (χ1) is 8.08. The number of sulfonamides is 1. The minimum absolute atomic E-state index is 0.101. The molecule has 0 saturated carbocycles. The maximum Gasteiger partial charge on any atom is 0.273 e. The zero-order chi connectivity index (χ0) is 14.1. The first-order valence-electron chi connectivity index (χ1n) is 5.60. The fourth-order valence-corrected chi connectivity index (χ4v) is 2.34. The molecule has 104 valence electrons. The molecule has 2 N–H and O–H groups in total. The number of rotatable bonds is 5. The van der Waals surface area contributed by atoms with Crippen molar-refractivity contribution in [2.24, 2.45) is 5.14 Å². The Morgan fingerprint density at radius 1 is 1.39 bits per heavy atom. The molecule has 1 rings (SSSR count). The Balaban J connectivity index is 3.28. The summed E-state index contributed by atoms with van der Waals surface area (Å²) >= 11 is 0. The van der Waals surface area contributed by atoms with E-state index in [0.717, 1.165) is 0 Å². The molecule has 0 unspecified atom stereocenters. The molecule has 0 aliphatic carbocycles. The second-order valence-electron chi connectivity index (χ2n) is 5.05. The van der Waals surface area contributed by atoms with E-state index < -0.39 is 15.6 Å². The second kappa shape index (κ2) is 4.94. The van der Waals surface area contributed by atoms with Crippen LogP contribution in [-0.2, 0) is 21.2 Å². The fraction of sp³-hybridized carbons (Fsp3) is 0.800. The summed E-state index contributed by atoms with van der Waals surface area (Å²) in [5.41, 5.74) is -0.449. The van der Waals surface area contributed by atoms with Crippen LogP contribution in [0, 0.1) is 0 Å². The first kappa shape index (κ1) is 15.1. The van der Waals surface area contributed by atoms with E-state index in [2.05, 4.69) is 10.2 Å². The Morgan fingerprint density at radius 3 is 2.33 bits per heavy atom. The van der Waals surface area contributed by atoms with Crippen LogP contribution in [-0.4, -0.2) is 35.9 Å². The summed E-state index contributed by atoms with van der Waals surface area (Å²) in [7, 11) is -2.28. The van der Waals surface area contributed by atoms with Gasteiger partial charge in [0, 0.05) is 19.6 Å². The summed E-state index contributed by atoms with van der Waals surface area (Å²) in [6, 6.07) is -0.101. The smallest absolute Gasteiger partial charge is 0.273 e. The lowest BCUT2D eigenvalue weighted by atomic mass is 10.0. The van der Waals surface area contributed by atoms with Crippen LogP contribution in [0.2, 0.25) is 0 Å². The molecule has 0 aliphatic heterocycles. The molecule has 7 nitrogen and oxygen atoms in total. The third kappa shape index (κ3) is 3.27. The van der Waals surface area contributed by atoms with E-state index in [1.165, 1.54) is 4.57 Å². The van der Waals surface area contributed by atoms with Crippen LogP contribution in [0.15, 0.2) is 5.16 Å². The molecule has 0 amide bonds. The predicted molar refractivity (Wildman–Crippen MR) is 66.6 cm³/mol. The SMILES string of the molecule is COC(C)(C)Cc1nnc(S(N)(=O)=O)n1C(C)C. The number of hydrogen-bond donors (Lipinski definition) is 1. The van der Waals surface area contributed by atoms with E-state index in [0.29, 0.717) is 12.2 Å². The molecule has 0 fully saturated rings. The third-order valence-corrected chi connectivity index (χ3v) is 3.43. The fourth-order valence-electron chi connectivity index (χ4n) is 1.59. The lowest BCUT2D eigenvalue weighted by Gasteiger charge is -2.23. The number of nitrogens with zero attached hydrogens (tertiary/aromatic N) is 3. The summed E-state index contributed by atoms with van der Waals surface area (Å²) in [5, 5.41) is 12.5. The number of nitrogens with two attached hydrogens (primary N) is 1. The van der Waals surface area contributed by atoms with Gasteiger partial charge in [0.2, 0.25) is 0 Å². The topological polar surface area (TPSA) is 100 Å². The van der Waals surface area contributed by atoms with E-state index in [4.69, 9.17) is 9.88 Å². The van der Waals surface area contributed by atoms with Crippen LogP contribution in [0.3, 0.4) is 0 Å². The summed E-state index contributed by atoms with van der Waals surface area (Å²) in [5.74, 6) is 0.542. The molecule has 1 heterocycles. The Labute approximate surface area is 107 Å². The minimum atomic E-state index is -3.87. The number of aromatic nitrogens is 3. The Kier molecular flexibility index (Phi) is 4.14. The van der Waals surface area contributed by atoms with Crippen molar-refractivity contribution in [1.82, 2.24) is 14.8 Å². The van der Waals surface area contributed by atoms with E-state index >= 15 is 0 Å². The van der Waals surface area contributed by atoms with Gasteiger partial charge in [-0.3, -0.25) is 4.57 Å². The normalized spacial score (nSPS) is 13.3. The quantitative estimate of drug-likeness (QED) is 0.842. The van der Waals surface area contributed by atoms with Gasteiger partial charge in [-0.1, -0.05) is 0 Å². The van der Waals surface area contributed by atoms with Crippen molar-refractivity contribution in [1.29, 1.82) is 0 Å². The van der Waals surface area contributed by atoms with Crippen LogP contribution in [0.5, 0.6) is 0 Å². The van der Waals surface area contributed by atoms with E-state index in [9.17, 15) is 8.42 Å². The number of primary sulfonamides is 1. The van der Waals surface area contributed by atoms with E-state index in [1.807, 2.05) is 27.7 Å². The number of methoxy groups -OCH3 is 1. The van der Waals surface area contributed by atoms with E-state index in [-0.39, 0.29) is 11.2 Å². The number of hydrogen-bond acceptors (Lipinski definition) is 5. The lowest BCUT2D eigenvalue weighted by molar-refractivity contribution is 0.0205. The highest BCUT2D eigenvalue weighted by Gasteiger charge is 2.27. The minimum Gasteiger partial charge on any atom is -0.378 e. The summed E-state index contributed by atoms with van der Waals surface area (Å²) in [6.07, 6.45) is 0.449. The average molecular weight is 276 g/mol. The van der Waals surface area contributed by atoms with Crippen LogP contribution in [0.1, 0.15) is 39.6 Å². The van der Waals surface area contributed by atoms with Crippen LogP contribution < -0.4 is 5.14 Å². The van der Waals surface area contributed by atoms with Gasteiger partial charge in [0.1, 0.15) is 5.82 Å². The molecule has 0 spiro atoms. The van der Waals surface area contributed by atoms with Crippen molar-refractivity contribution in [3.05, 3.63) is 5.82 Å². The molecule has 0 aliphatic rings. The molecular weight excluding hydrogens is 256 g/mol. The molecule has 1 aromatic rings. The highest BCUT2D eigenvalue weighted by atomic mass is 32.2. The standard InChI is InChI=1S/C10H20N4O3S/c1-7(2)14-8(6-10(3,4)17-5)12-13-9(14)18(11,15)16/h7H,6H2,1-5H3,(H2,11,15,16). The van der Waals surface area contributed by atoms with Crippen LogP contribution in [0.4, 0.5) is 0 Å². The summed E-state index contributed by atoms with van der Waals surface area (Å²) < 4.78 is 29.7. The molecular formula is C10H20N4O3S. The van der Waals surface area contributed by atoms with Gasteiger partial charge >= 0.3 is 0 Å². The molecule has 8 heteroatoms. The molecule has 0 radical (unpaired) electrons. The Hall–Kier alpha value is -0.990. The third-order valence-electron chi connectivity index (χ3n) is 2.64. The zero-order valence-corrected chi connectivity index (χ0v) is 12.2. The summed E-state index contributed by atoms with van der Waals surface area (Å²) in [6.45, 7) is 7.48. The van der Waals surface area contributed by atoms with Gasteiger partial charge in [0.05, 0.1) is 5.60 Å².